The molecule has 0 amide bonds. The fourth-order valence-corrected chi connectivity index (χ4v) is 2.81. The summed E-state index contributed by atoms with van der Waals surface area (Å²) in [6.45, 7) is 1.61. The Hall–Kier alpha value is -2.24. The van der Waals surface area contributed by atoms with Crippen molar-refractivity contribution in [3.8, 4) is 11.5 Å². The Bertz CT molecular complexity index is 639. The number of anilines is 1. The lowest BCUT2D eigenvalue weighted by Gasteiger charge is -2.12. The van der Waals surface area contributed by atoms with E-state index in [-0.39, 0.29) is 0 Å². The fourth-order valence-electron chi connectivity index (χ4n) is 2.81. The van der Waals surface area contributed by atoms with Gasteiger partial charge in [-0.25, -0.2) is 0 Å². The van der Waals surface area contributed by atoms with Crippen molar-refractivity contribution in [3.63, 3.8) is 0 Å². The number of hydrogen-bond donors (Lipinski definition) is 1. The maximum atomic E-state index is 5.41. The van der Waals surface area contributed by atoms with E-state index < -0.39 is 0 Å². The van der Waals surface area contributed by atoms with Gasteiger partial charge in [-0.2, -0.15) is 0 Å². The van der Waals surface area contributed by atoms with E-state index in [0.29, 0.717) is 6.54 Å². The number of ether oxygens (including phenoxy) is 2. The second-order valence-electron chi connectivity index (χ2n) is 5.43. The van der Waals surface area contributed by atoms with Gasteiger partial charge in [-0.1, -0.05) is 6.42 Å². The number of rotatable bonds is 5. The highest BCUT2D eigenvalue weighted by atomic mass is 16.5. The van der Waals surface area contributed by atoms with Crippen molar-refractivity contribution >= 4 is 5.95 Å². The largest absolute Gasteiger partial charge is 0.497 e. The zero-order valence-corrected chi connectivity index (χ0v) is 13.1. The van der Waals surface area contributed by atoms with E-state index in [1.54, 1.807) is 14.2 Å². The third-order valence-corrected chi connectivity index (χ3v) is 4.03. The molecule has 6 heteroatoms. The number of aromatic nitrogens is 3. The molecule has 0 unspecified atom stereocenters. The number of fused-ring (bicyclic) bond motifs is 1. The molecule has 118 valence electrons. The summed E-state index contributed by atoms with van der Waals surface area (Å²) in [6.07, 6.45) is 4.65. The summed E-state index contributed by atoms with van der Waals surface area (Å²) in [5, 5.41) is 12.0. The molecule has 0 fully saturated rings. The quantitative estimate of drug-likeness (QED) is 0.920. The highest BCUT2D eigenvalue weighted by Gasteiger charge is 2.15. The Balaban J connectivity index is 1.76. The van der Waals surface area contributed by atoms with Gasteiger partial charge < -0.3 is 14.8 Å². The van der Waals surface area contributed by atoms with E-state index in [0.717, 1.165) is 41.8 Å². The van der Waals surface area contributed by atoms with Gasteiger partial charge in [0.1, 0.15) is 17.3 Å². The second kappa shape index (κ2) is 6.68. The minimum absolute atomic E-state index is 0.624. The minimum Gasteiger partial charge on any atom is -0.497 e. The Morgan fingerprint density at radius 3 is 2.86 bits per heavy atom. The van der Waals surface area contributed by atoms with E-state index in [1.807, 2.05) is 18.2 Å². The topological polar surface area (TPSA) is 61.2 Å². The van der Waals surface area contributed by atoms with Gasteiger partial charge in [0.2, 0.25) is 5.95 Å². The molecular formula is C16H22N4O2. The average Bonchev–Trinajstić information content (AvgIpc) is 2.79. The van der Waals surface area contributed by atoms with Crippen LogP contribution in [0.2, 0.25) is 0 Å². The average molecular weight is 302 g/mol. The van der Waals surface area contributed by atoms with Crippen LogP contribution in [-0.2, 0) is 19.5 Å². The summed E-state index contributed by atoms with van der Waals surface area (Å²) in [6, 6.07) is 5.79. The maximum Gasteiger partial charge on any atom is 0.224 e. The highest BCUT2D eigenvalue weighted by molar-refractivity contribution is 5.42. The van der Waals surface area contributed by atoms with Gasteiger partial charge in [-0.15, -0.1) is 10.2 Å². The standard InChI is InChI=1S/C16H22N4O2/c1-21-13-7-8-14(22-2)12(10-13)11-17-16-19-18-15-6-4-3-5-9-20(15)16/h7-8,10H,3-6,9,11H2,1-2H3,(H,17,19). The Kier molecular flexibility index (Phi) is 4.46. The van der Waals surface area contributed by atoms with Gasteiger partial charge in [0, 0.05) is 25.1 Å². The summed E-state index contributed by atoms with van der Waals surface area (Å²) in [5.74, 6) is 3.57. The number of methoxy groups -OCH3 is 2. The molecule has 1 N–H and O–H groups in total. The molecule has 3 rings (SSSR count). The lowest BCUT2D eigenvalue weighted by molar-refractivity contribution is 0.399. The first-order valence-electron chi connectivity index (χ1n) is 7.68. The molecule has 2 heterocycles. The Morgan fingerprint density at radius 2 is 2.05 bits per heavy atom. The van der Waals surface area contributed by atoms with Crippen molar-refractivity contribution < 1.29 is 9.47 Å². The van der Waals surface area contributed by atoms with Crippen molar-refractivity contribution in [2.75, 3.05) is 19.5 Å². The Morgan fingerprint density at radius 1 is 1.14 bits per heavy atom. The number of nitrogens with zero attached hydrogens (tertiary/aromatic N) is 3. The molecule has 0 radical (unpaired) electrons. The molecule has 6 nitrogen and oxygen atoms in total. The lowest BCUT2D eigenvalue weighted by atomic mass is 10.2. The summed E-state index contributed by atoms with van der Waals surface area (Å²) in [7, 11) is 3.34. The molecule has 0 aliphatic carbocycles. The zero-order valence-electron chi connectivity index (χ0n) is 13.1. The van der Waals surface area contributed by atoms with E-state index >= 15 is 0 Å². The molecule has 1 aromatic heterocycles. The van der Waals surface area contributed by atoms with E-state index in [9.17, 15) is 0 Å². The number of aryl methyl sites for hydroxylation is 1. The molecule has 1 aromatic carbocycles. The third-order valence-electron chi connectivity index (χ3n) is 4.03. The first kappa shape index (κ1) is 14.7. The smallest absolute Gasteiger partial charge is 0.224 e. The number of hydrogen-bond acceptors (Lipinski definition) is 5. The van der Waals surface area contributed by atoms with Crippen LogP contribution in [0.15, 0.2) is 18.2 Å². The molecule has 2 aromatic rings. The summed E-state index contributed by atoms with van der Waals surface area (Å²) < 4.78 is 12.9. The number of benzene rings is 1. The summed E-state index contributed by atoms with van der Waals surface area (Å²) >= 11 is 0. The SMILES string of the molecule is COc1ccc(OC)c(CNc2nnc3n2CCCCC3)c1. The Labute approximate surface area is 130 Å². The van der Waals surface area contributed by atoms with Gasteiger partial charge in [0.25, 0.3) is 0 Å². The first-order valence-corrected chi connectivity index (χ1v) is 7.68. The first-order chi connectivity index (χ1) is 10.8. The molecule has 0 atom stereocenters. The highest BCUT2D eigenvalue weighted by Crippen LogP contribution is 2.25. The minimum atomic E-state index is 0.624. The molecule has 0 spiro atoms. The second-order valence-corrected chi connectivity index (χ2v) is 5.43. The van der Waals surface area contributed by atoms with Crippen LogP contribution in [0.25, 0.3) is 0 Å². The van der Waals surface area contributed by atoms with Gasteiger partial charge in [0.15, 0.2) is 0 Å². The van der Waals surface area contributed by atoms with E-state index in [1.165, 1.54) is 19.3 Å². The summed E-state index contributed by atoms with van der Waals surface area (Å²) in [5.41, 5.74) is 1.04. The van der Waals surface area contributed by atoms with Crippen LogP contribution in [0.5, 0.6) is 11.5 Å². The third kappa shape index (κ3) is 3.00. The van der Waals surface area contributed by atoms with Crippen LogP contribution in [0.4, 0.5) is 5.95 Å². The van der Waals surface area contributed by atoms with Crippen molar-refractivity contribution in [3.05, 3.63) is 29.6 Å². The van der Waals surface area contributed by atoms with Crippen LogP contribution in [-0.4, -0.2) is 29.0 Å². The van der Waals surface area contributed by atoms with Gasteiger partial charge >= 0.3 is 0 Å². The van der Waals surface area contributed by atoms with Crippen LogP contribution in [0.3, 0.4) is 0 Å². The van der Waals surface area contributed by atoms with Gasteiger partial charge in [-0.05, 0) is 31.0 Å². The van der Waals surface area contributed by atoms with Crippen LogP contribution < -0.4 is 14.8 Å². The maximum absolute atomic E-state index is 5.41. The van der Waals surface area contributed by atoms with Gasteiger partial charge in [-0.3, -0.25) is 4.57 Å². The van der Waals surface area contributed by atoms with Gasteiger partial charge in [0.05, 0.1) is 14.2 Å². The predicted octanol–water partition coefficient (Wildman–Crippen LogP) is 2.63. The van der Waals surface area contributed by atoms with Crippen molar-refractivity contribution in [1.82, 2.24) is 14.8 Å². The molecule has 1 aliphatic rings. The molecule has 22 heavy (non-hydrogen) atoms. The zero-order chi connectivity index (χ0) is 15.4. The summed E-state index contributed by atoms with van der Waals surface area (Å²) in [4.78, 5) is 0. The fraction of sp³-hybridized carbons (Fsp3) is 0.500. The molecule has 0 bridgehead atoms. The number of nitrogens with one attached hydrogen (secondary N) is 1. The molecule has 1 aliphatic heterocycles. The lowest BCUT2D eigenvalue weighted by Crippen LogP contribution is -2.09. The molecule has 0 saturated heterocycles. The normalized spacial score (nSPS) is 14.1. The van der Waals surface area contributed by atoms with Crippen molar-refractivity contribution in [1.29, 1.82) is 0 Å². The predicted molar refractivity (Wildman–Crippen MR) is 84.4 cm³/mol. The van der Waals surface area contributed by atoms with Crippen LogP contribution in [0, 0.1) is 0 Å². The van der Waals surface area contributed by atoms with Crippen LogP contribution in [0.1, 0.15) is 30.7 Å². The molecule has 0 saturated carbocycles. The van der Waals surface area contributed by atoms with E-state index in [4.69, 9.17) is 9.47 Å². The van der Waals surface area contributed by atoms with Crippen LogP contribution >= 0.6 is 0 Å². The van der Waals surface area contributed by atoms with E-state index in [2.05, 4.69) is 20.1 Å². The monoisotopic (exact) mass is 302 g/mol. The van der Waals surface area contributed by atoms with Crippen molar-refractivity contribution in [2.24, 2.45) is 0 Å². The molecular weight excluding hydrogens is 280 g/mol. The van der Waals surface area contributed by atoms with Crippen molar-refractivity contribution in [2.45, 2.75) is 38.8 Å².